The highest BCUT2D eigenvalue weighted by Gasteiger charge is 2.32. The van der Waals surface area contributed by atoms with Gasteiger partial charge in [0.15, 0.2) is 0 Å². The summed E-state index contributed by atoms with van der Waals surface area (Å²) >= 11 is 12.4. The van der Waals surface area contributed by atoms with Crippen molar-refractivity contribution in [2.45, 2.75) is 12.1 Å². The molecule has 0 aliphatic carbocycles. The van der Waals surface area contributed by atoms with Gasteiger partial charge in [-0.2, -0.15) is 18.3 Å². The van der Waals surface area contributed by atoms with Gasteiger partial charge in [-0.25, -0.2) is 9.67 Å². The van der Waals surface area contributed by atoms with Crippen molar-refractivity contribution in [3.8, 4) is 5.13 Å². The molecule has 9 heteroatoms. The Hall–Kier alpha value is -0.790. The van der Waals surface area contributed by atoms with Gasteiger partial charge in [0, 0.05) is 6.20 Å². The summed E-state index contributed by atoms with van der Waals surface area (Å²) in [7, 11) is 0. The van der Waals surface area contributed by atoms with Crippen molar-refractivity contribution in [2.75, 3.05) is 0 Å². The molecule has 0 saturated carbocycles. The molecular formula is C8H4Cl2F3N3S. The second-order valence-electron chi connectivity index (χ2n) is 3.02. The molecule has 0 bridgehead atoms. The number of nitrogens with zero attached hydrogens (tertiary/aromatic N) is 3. The normalized spacial score (nSPS) is 12.1. The topological polar surface area (TPSA) is 30.7 Å². The van der Waals surface area contributed by atoms with Gasteiger partial charge in [0.05, 0.1) is 22.5 Å². The molecule has 0 aliphatic heterocycles. The van der Waals surface area contributed by atoms with Crippen LogP contribution in [0.3, 0.4) is 0 Å². The van der Waals surface area contributed by atoms with Gasteiger partial charge in [-0.05, 0) is 0 Å². The van der Waals surface area contributed by atoms with E-state index in [1.807, 2.05) is 0 Å². The van der Waals surface area contributed by atoms with Gasteiger partial charge in [-0.3, -0.25) is 0 Å². The van der Waals surface area contributed by atoms with E-state index in [9.17, 15) is 13.2 Å². The number of halogens is 5. The minimum absolute atomic E-state index is 0.157. The van der Waals surface area contributed by atoms with Crippen LogP contribution >= 0.6 is 34.5 Å². The first-order valence-electron chi connectivity index (χ1n) is 4.25. The lowest BCUT2D eigenvalue weighted by molar-refractivity contribution is -0.137. The lowest BCUT2D eigenvalue weighted by Crippen LogP contribution is -2.02. The van der Waals surface area contributed by atoms with Crippen LogP contribution in [0, 0.1) is 0 Å². The predicted octanol–water partition coefficient (Wildman–Crippen LogP) is 3.74. The van der Waals surface area contributed by atoms with Gasteiger partial charge >= 0.3 is 6.18 Å². The van der Waals surface area contributed by atoms with Crippen molar-refractivity contribution in [1.29, 1.82) is 0 Å². The van der Waals surface area contributed by atoms with Crippen LogP contribution < -0.4 is 0 Å². The highest BCUT2D eigenvalue weighted by Crippen LogP contribution is 2.31. The van der Waals surface area contributed by atoms with Gasteiger partial charge in [-0.15, -0.1) is 11.6 Å². The molecule has 3 nitrogen and oxygen atoms in total. The Labute approximate surface area is 108 Å². The molecule has 0 N–H and O–H groups in total. The van der Waals surface area contributed by atoms with Gasteiger partial charge < -0.3 is 0 Å². The average Bonchev–Trinajstić information content (AvgIpc) is 2.82. The van der Waals surface area contributed by atoms with Gasteiger partial charge in [0.1, 0.15) is 5.15 Å². The van der Waals surface area contributed by atoms with Crippen molar-refractivity contribution in [3.05, 3.63) is 28.0 Å². The molecule has 0 unspecified atom stereocenters. The summed E-state index contributed by atoms with van der Waals surface area (Å²) in [5, 5.41) is 4.02. The molecule has 92 valence electrons. The van der Waals surface area contributed by atoms with Gasteiger partial charge in [0.25, 0.3) is 0 Å². The van der Waals surface area contributed by atoms with E-state index in [1.165, 1.54) is 0 Å². The van der Waals surface area contributed by atoms with E-state index in [1.54, 1.807) is 0 Å². The first-order chi connectivity index (χ1) is 7.91. The summed E-state index contributed by atoms with van der Waals surface area (Å²) < 4.78 is 38.1. The SMILES string of the molecule is FC(F)(F)c1cnn(-c2nc(Cl)c(CCl)s2)c1. The number of hydrogen-bond acceptors (Lipinski definition) is 3. The number of alkyl halides is 4. The van der Waals surface area contributed by atoms with Crippen LogP contribution in [0.2, 0.25) is 5.15 Å². The van der Waals surface area contributed by atoms with Crippen LogP contribution in [0.25, 0.3) is 5.13 Å². The molecule has 2 aromatic rings. The van der Waals surface area contributed by atoms with E-state index in [2.05, 4.69) is 10.1 Å². The van der Waals surface area contributed by atoms with E-state index in [4.69, 9.17) is 23.2 Å². The van der Waals surface area contributed by atoms with Crippen molar-refractivity contribution in [2.24, 2.45) is 0 Å². The minimum Gasteiger partial charge on any atom is -0.213 e. The van der Waals surface area contributed by atoms with E-state index < -0.39 is 11.7 Å². The molecule has 0 spiro atoms. The summed E-state index contributed by atoms with van der Waals surface area (Å²) in [5.41, 5.74) is -0.837. The lowest BCUT2D eigenvalue weighted by Gasteiger charge is -2.00. The molecule has 0 atom stereocenters. The molecule has 0 fully saturated rings. The second-order valence-corrected chi connectivity index (χ2v) is 4.70. The standard InChI is InChI=1S/C8H4Cl2F3N3S/c9-1-5-6(10)15-7(17-5)16-3-4(2-14-16)8(11,12)13/h2-3H,1H2. The predicted molar refractivity (Wildman–Crippen MR) is 58.8 cm³/mol. The first-order valence-corrected chi connectivity index (χ1v) is 5.98. The minimum atomic E-state index is -4.42. The molecule has 0 saturated heterocycles. The molecule has 17 heavy (non-hydrogen) atoms. The zero-order valence-corrected chi connectivity index (χ0v) is 10.3. The molecule has 2 aromatic heterocycles. The highest BCUT2D eigenvalue weighted by molar-refractivity contribution is 7.14. The monoisotopic (exact) mass is 301 g/mol. The van der Waals surface area contributed by atoms with Crippen LogP contribution in [0.4, 0.5) is 13.2 Å². The summed E-state index contributed by atoms with van der Waals surface area (Å²) in [6.07, 6.45) is -2.84. The van der Waals surface area contributed by atoms with E-state index in [0.29, 0.717) is 4.88 Å². The third-order valence-corrected chi connectivity index (χ3v) is 3.76. The Morgan fingerprint density at radius 3 is 2.59 bits per heavy atom. The van der Waals surface area contributed by atoms with Crippen LogP contribution in [0.5, 0.6) is 0 Å². The summed E-state index contributed by atoms with van der Waals surface area (Å²) in [4.78, 5) is 4.47. The Morgan fingerprint density at radius 1 is 1.41 bits per heavy atom. The zero-order chi connectivity index (χ0) is 12.6. The van der Waals surface area contributed by atoms with Crippen LogP contribution in [0.15, 0.2) is 12.4 Å². The average molecular weight is 302 g/mol. The lowest BCUT2D eigenvalue weighted by atomic mass is 10.4. The first kappa shape index (κ1) is 12.7. The highest BCUT2D eigenvalue weighted by atomic mass is 35.5. The number of rotatable bonds is 2. The van der Waals surface area contributed by atoms with Crippen LogP contribution in [-0.2, 0) is 12.1 Å². The Balaban J connectivity index is 2.37. The van der Waals surface area contributed by atoms with E-state index >= 15 is 0 Å². The quantitative estimate of drug-likeness (QED) is 0.791. The summed E-state index contributed by atoms with van der Waals surface area (Å²) in [5.74, 6) is 0.157. The molecular weight excluding hydrogens is 298 g/mol. The molecule has 0 aromatic carbocycles. The van der Waals surface area contributed by atoms with Crippen molar-refractivity contribution < 1.29 is 13.2 Å². The van der Waals surface area contributed by atoms with E-state index in [0.717, 1.165) is 28.4 Å². The van der Waals surface area contributed by atoms with Gasteiger partial charge in [-0.1, -0.05) is 22.9 Å². The smallest absolute Gasteiger partial charge is 0.213 e. The third-order valence-electron chi connectivity index (χ3n) is 1.87. The maximum Gasteiger partial charge on any atom is 0.419 e. The molecule has 0 radical (unpaired) electrons. The summed E-state index contributed by atoms with van der Waals surface area (Å²) in [6.45, 7) is 0. The maximum atomic E-state index is 12.4. The zero-order valence-electron chi connectivity index (χ0n) is 8.00. The summed E-state index contributed by atoms with van der Waals surface area (Å²) in [6, 6.07) is 0. The van der Waals surface area contributed by atoms with Crippen LogP contribution in [0.1, 0.15) is 10.4 Å². The number of aromatic nitrogens is 3. The Kier molecular flexibility index (Phi) is 3.33. The van der Waals surface area contributed by atoms with Crippen molar-refractivity contribution in [3.63, 3.8) is 0 Å². The molecule has 0 aliphatic rings. The van der Waals surface area contributed by atoms with Crippen molar-refractivity contribution >= 4 is 34.5 Å². The number of hydrogen-bond donors (Lipinski definition) is 0. The largest absolute Gasteiger partial charge is 0.419 e. The van der Waals surface area contributed by atoms with Crippen LogP contribution in [-0.4, -0.2) is 14.8 Å². The fourth-order valence-corrected chi connectivity index (χ4v) is 2.48. The van der Waals surface area contributed by atoms with Crippen molar-refractivity contribution in [1.82, 2.24) is 14.8 Å². The molecule has 2 heterocycles. The maximum absolute atomic E-state index is 12.4. The van der Waals surface area contributed by atoms with Gasteiger partial charge in [0.2, 0.25) is 5.13 Å². The third kappa shape index (κ3) is 2.56. The second kappa shape index (κ2) is 4.47. The molecule has 0 amide bonds. The fraction of sp³-hybridized carbons (Fsp3) is 0.250. The Morgan fingerprint density at radius 2 is 2.12 bits per heavy atom. The fourth-order valence-electron chi connectivity index (χ4n) is 1.08. The van der Waals surface area contributed by atoms with E-state index in [-0.39, 0.29) is 16.2 Å². The number of thiazole rings is 1. The molecule has 2 rings (SSSR count). The Bertz CT molecular complexity index is 534.